The molecule has 0 aliphatic rings. The molecule has 2 rings (SSSR count). The Hall–Kier alpha value is -2.01. The highest BCUT2D eigenvalue weighted by molar-refractivity contribution is 7.80. The molecule has 5 heteroatoms. The van der Waals surface area contributed by atoms with E-state index in [1.165, 1.54) is 12.1 Å². The SMILES string of the molecule is Cc1ccnc(NC(=S)Nc2cccc(F)c2)c1. The lowest BCUT2D eigenvalue weighted by Crippen LogP contribution is -2.19. The number of aryl methyl sites for hydroxylation is 1. The number of hydrogen-bond donors (Lipinski definition) is 2. The molecular weight excluding hydrogens is 249 g/mol. The van der Waals surface area contributed by atoms with Crippen molar-refractivity contribution in [1.29, 1.82) is 0 Å². The van der Waals surface area contributed by atoms with Gasteiger partial charge in [0.25, 0.3) is 0 Å². The van der Waals surface area contributed by atoms with Crippen LogP contribution in [0.5, 0.6) is 0 Å². The zero-order valence-corrected chi connectivity index (χ0v) is 10.6. The van der Waals surface area contributed by atoms with E-state index in [-0.39, 0.29) is 5.82 Å². The van der Waals surface area contributed by atoms with Gasteiger partial charge in [0.1, 0.15) is 11.6 Å². The van der Waals surface area contributed by atoms with Gasteiger partial charge in [-0.3, -0.25) is 0 Å². The average Bonchev–Trinajstić information content (AvgIpc) is 2.28. The van der Waals surface area contributed by atoms with E-state index >= 15 is 0 Å². The molecule has 2 N–H and O–H groups in total. The van der Waals surface area contributed by atoms with Crippen LogP contribution in [-0.4, -0.2) is 10.1 Å². The first-order chi connectivity index (χ1) is 8.63. The molecule has 0 atom stereocenters. The van der Waals surface area contributed by atoms with Gasteiger partial charge in [0.15, 0.2) is 5.11 Å². The summed E-state index contributed by atoms with van der Waals surface area (Å²) < 4.78 is 13.0. The topological polar surface area (TPSA) is 37.0 Å². The summed E-state index contributed by atoms with van der Waals surface area (Å²) in [6, 6.07) is 9.88. The predicted octanol–water partition coefficient (Wildman–Crippen LogP) is 3.34. The Kier molecular flexibility index (Phi) is 3.84. The van der Waals surface area contributed by atoms with Crippen LogP contribution in [0.25, 0.3) is 0 Å². The van der Waals surface area contributed by atoms with Crippen LogP contribution in [0.3, 0.4) is 0 Å². The number of rotatable bonds is 2. The van der Waals surface area contributed by atoms with Crippen molar-refractivity contribution in [1.82, 2.24) is 4.98 Å². The number of hydrogen-bond acceptors (Lipinski definition) is 2. The fraction of sp³-hybridized carbons (Fsp3) is 0.0769. The summed E-state index contributed by atoms with van der Waals surface area (Å²) in [6.07, 6.45) is 1.70. The van der Waals surface area contributed by atoms with Crippen molar-refractivity contribution in [2.45, 2.75) is 6.92 Å². The van der Waals surface area contributed by atoms with Gasteiger partial charge in [0.2, 0.25) is 0 Å². The highest BCUT2D eigenvalue weighted by atomic mass is 32.1. The first-order valence-electron chi connectivity index (χ1n) is 5.40. The Bertz CT molecular complexity index is 522. The molecule has 1 aromatic carbocycles. The second kappa shape index (κ2) is 5.55. The maximum atomic E-state index is 13.0. The number of anilines is 2. The number of aromatic nitrogens is 1. The fourth-order valence-electron chi connectivity index (χ4n) is 1.45. The first kappa shape index (κ1) is 12.4. The molecule has 0 radical (unpaired) electrons. The fourth-order valence-corrected chi connectivity index (χ4v) is 1.67. The van der Waals surface area contributed by atoms with E-state index in [4.69, 9.17) is 12.2 Å². The average molecular weight is 261 g/mol. The summed E-state index contributed by atoms with van der Waals surface area (Å²) in [4.78, 5) is 4.13. The molecular formula is C13H12FN3S. The maximum absolute atomic E-state index is 13.0. The number of thiocarbonyl (C=S) groups is 1. The van der Waals surface area contributed by atoms with E-state index in [1.807, 2.05) is 19.1 Å². The van der Waals surface area contributed by atoms with Crippen molar-refractivity contribution < 1.29 is 4.39 Å². The molecule has 0 aliphatic carbocycles. The molecule has 1 aromatic heterocycles. The smallest absolute Gasteiger partial charge is 0.176 e. The lowest BCUT2D eigenvalue weighted by Gasteiger charge is -2.10. The number of benzene rings is 1. The molecule has 18 heavy (non-hydrogen) atoms. The van der Waals surface area contributed by atoms with Gasteiger partial charge >= 0.3 is 0 Å². The van der Waals surface area contributed by atoms with Crippen LogP contribution in [0.15, 0.2) is 42.6 Å². The van der Waals surface area contributed by atoms with Crippen molar-refractivity contribution >= 4 is 28.8 Å². The van der Waals surface area contributed by atoms with E-state index in [2.05, 4.69) is 15.6 Å². The summed E-state index contributed by atoms with van der Waals surface area (Å²) in [5.41, 5.74) is 1.68. The second-order valence-corrected chi connectivity index (χ2v) is 4.22. The molecule has 92 valence electrons. The Balaban J connectivity index is 2.01. The number of nitrogens with zero attached hydrogens (tertiary/aromatic N) is 1. The molecule has 0 fully saturated rings. The van der Waals surface area contributed by atoms with Crippen molar-refractivity contribution in [2.75, 3.05) is 10.6 Å². The third-order valence-corrected chi connectivity index (χ3v) is 2.44. The molecule has 0 unspecified atom stereocenters. The standard InChI is InChI=1S/C13H12FN3S/c1-9-5-6-15-12(7-9)17-13(18)16-11-4-2-3-10(14)8-11/h2-8H,1H3,(H2,15,16,17,18). The van der Waals surface area contributed by atoms with Crippen LogP contribution in [0.4, 0.5) is 15.9 Å². The summed E-state index contributed by atoms with van der Waals surface area (Å²) in [7, 11) is 0. The van der Waals surface area contributed by atoms with Gasteiger partial charge in [-0.15, -0.1) is 0 Å². The minimum atomic E-state index is -0.309. The van der Waals surface area contributed by atoms with Gasteiger partial charge in [-0.2, -0.15) is 0 Å². The largest absolute Gasteiger partial charge is 0.332 e. The maximum Gasteiger partial charge on any atom is 0.176 e. The van der Waals surface area contributed by atoms with E-state index in [9.17, 15) is 4.39 Å². The predicted molar refractivity (Wildman–Crippen MR) is 75.2 cm³/mol. The zero-order chi connectivity index (χ0) is 13.0. The molecule has 0 saturated carbocycles. The van der Waals surface area contributed by atoms with E-state index in [1.54, 1.807) is 18.3 Å². The monoisotopic (exact) mass is 261 g/mol. The van der Waals surface area contributed by atoms with Gasteiger partial charge in [-0.25, -0.2) is 9.37 Å². The second-order valence-electron chi connectivity index (χ2n) is 3.81. The van der Waals surface area contributed by atoms with Gasteiger partial charge in [0.05, 0.1) is 0 Å². The number of nitrogens with one attached hydrogen (secondary N) is 2. The number of pyridine rings is 1. The first-order valence-corrected chi connectivity index (χ1v) is 5.80. The van der Waals surface area contributed by atoms with Gasteiger partial charge in [-0.1, -0.05) is 6.07 Å². The van der Waals surface area contributed by atoms with E-state index in [0.29, 0.717) is 16.6 Å². The highest BCUT2D eigenvalue weighted by Gasteiger charge is 2.00. The minimum absolute atomic E-state index is 0.309. The normalized spacial score (nSPS) is 9.89. The summed E-state index contributed by atoms with van der Waals surface area (Å²) in [5, 5.41) is 6.20. The van der Waals surface area contributed by atoms with Gasteiger partial charge in [-0.05, 0) is 55.0 Å². The molecule has 0 saturated heterocycles. The van der Waals surface area contributed by atoms with Crippen LogP contribution in [0.1, 0.15) is 5.56 Å². The molecule has 1 heterocycles. The summed E-state index contributed by atoms with van der Waals surface area (Å²) in [6.45, 7) is 1.97. The zero-order valence-electron chi connectivity index (χ0n) is 9.77. The highest BCUT2D eigenvalue weighted by Crippen LogP contribution is 2.10. The van der Waals surface area contributed by atoms with Crippen molar-refractivity contribution in [2.24, 2.45) is 0 Å². The Morgan fingerprint density at radius 1 is 1.22 bits per heavy atom. The lowest BCUT2D eigenvalue weighted by molar-refractivity contribution is 0.628. The molecule has 2 aromatic rings. The summed E-state index contributed by atoms with van der Waals surface area (Å²) in [5.74, 6) is 0.348. The quantitative estimate of drug-likeness (QED) is 0.813. The van der Waals surface area contributed by atoms with Crippen LogP contribution in [0, 0.1) is 12.7 Å². The van der Waals surface area contributed by atoms with E-state index < -0.39 is 0 Å². The van der Waals surface area contributed by atoms with E-state index in [0.717, 1.165) is 5.56 Å². The molecule has 0 amide bonds. The van der Waals surface area contributed by atoms with Crippen molar-refractivity contribution in [3.63, 3.8) is 0 Å². The van der Waals surface area contributed by atoms with Crippen molar-refractivity contribution in [3.8, 4) is 0 Å². The summed E-state index contributed by atoms with van der Waals surface area (Å²) >= 11 is 5.12. The van der Waals surface area contributed by atoms with Crippen LogP contribution >= 0.6 is 12.2 Å². The van der Waals surface area contributed by atoms with Gasteiger partial charge < -0.3 is 10.6 Å². The molecule has 3 nitrogen and oxygen atoms in total. The number of halogens is 1. The lowest BCUT2D eigenvalue weighted by atomic mass is 10.3. The molecule has 0 bridgehead atoms. The molecule has 0 spiro atoms. The minimum Gasteiger partial charge on any atom is -0.332 e. The third-order valence-electron chi connectivity index (χ3n) is 2.24. The molecule has 0 aliphatic heterocycles. The Morgan fingerprint density at radius 2 is 2.06 bits per heavy atom. The van der Waals surface area contributed by atoms with Crippen molar-refractivity contribution in [3.05, 3.63) is 54.0 Å². The van der Waals surface area contributed by atoms with Crippen LogP contribution < -0.4 is 10.6 Å². The van der Waals surface area contributed by atoms with Crippen LogP contribution in [0.2, 0.25) is 0 Å². The Morgan fingerprint density at radius 3 is 2.78 bits per heavy atom. The van der Waals surface area contributed by atoms with Gasteiger partial charge in [0, 0.05) is 11.9 Å². The third kappa shape index (κ3) is 3.49. The van der Waals surface area contributed by atoms with Crippen LogP contribution in [-0.2, 0) is 0 Å². The Labute approximate surface area is 110 Å².